The van der Waals surface area contributed by atoms with Gasteiger partial charge in [0.05, 0.1) is 38.5 Å². The summed E-state index contributed by atoms with van der Waals surface area (Å²) >= 11 is 0. The van der Waals surface area contributed by atoms with Crippen molar-refractivity contribution in [2.75, 3.05) is 13.7 Å². The second-order valence-corrected chi connectivity index (χ2v) is 9.50. The van der Waals surface area contributed by atoms with Crippen molar-refractivity contribution in [1.29, 1.82) is 0 Å². The van der Waals surface area contributed by atoms with Crippen molar-refractivity contribution < 1.29 is 18.8 Å². The topological polar surface area (TPSA) is 85.7 Å². The SMILES string of the molecule is COc1ccc(COC[C@@H](N=[N+]=[N-])B2O[C@@H](C3CCCCC3)[C@H](C3CCCCC3)O2)cc1. The summed E-state index contributed by atoms with van der Waals surface area (Å²) in [5.74, 6) is 1.43. The van der Waals surface area contributed by atoms with Crippen LogP contribution in [0.3, 0.4) is 0 Å². The standard InChI is InChI=1S/C24H36BN3O4/c1-29-21-14-12-18(13-15-21)16-30-17-22(27-28-26)25-31-23(19-8-4-2-5-9-19)24(32-25)20-10-6-3-7-11-20/h12-15,19-20,22-24H,2-11,16-17H2,1H3/t22-,23+,24+/m1/s1. The minimum Gasteiger partial charge on any atom is -0.497 e. The number of methoxy groups -OCH3 is 1. The van der Waals surface area contributed by atoms with Crippen LogP contribution in [0.5, 0.6) is 5.75 Å². The third kappa shape index (κ3) is 5.99. The maximum atomic E-state index is 9.18. The first kappa shape index (κ1) is 23.4. The van der Waals surface area contributed by atoms with Gasteiger partial charge in [0, 0.05) is 4.91 Å². The fraction of sp³-hybridized carbons (Fsp3) is 0.750. The predicted molar refractivity (Wildman–Crippen MR) is 124 cm³/mol. The average molecular weight is 441 g/mol. The summed E-state index contributed by atoms with van der Waals surface area (Å²) in [4.78, 5) is 3.07. The number of hydrogen-bond donors (Lipinski definition) is 0. The monoisotopic (exact) mass is 441 g/mol. The number of nitrogens with zero attached hydrogens (tertiary/aromatic N) is 3. The molecule has 0 N–H and O–H groups in total. The molecule has 1 aromatic carbocycles. The van der Waals surface area contributed by atoms with Gasteiger partial charge in [0.25, 0.3) is 0 Å². The molecule has 2 saturated carbocycles. The fourth-order valence-electron chi connectivity index (χ4n) is 5.61. The van der Waals surface area contributed by atoms with Gasteiger partial charge in [-0.1, -0.05) is 55.8 Å². The maximum absolute atomic E-state index is 9.18. The van der Waals surface area contributed by atoms with Crippen molar-refractivity contribution >= 4 is 7.12 Å². The molecule has 1 saturated heterocycles. The molecule has 0 spiro atoms. The molecule has 0 amide bonds. The van der Waals surface area contributed by atoms with E-state index in [2.05, 4.69) is 10.0 Å². The number of azide groups is 1. The Labute approximate surface area is 191 Å². The largest absolute Gasteiger partial charge is 0.497 e. The lowest BCUT2D eigenvalue weighted by Gasteiger charge is -2.35. The van der Waals surface area contributed by atoms with Gasteiger partial charge in [-0.3, -0.25) is 0 Å². The summed E-state index contributed by atoms with van der Waals surface area (Å²) in [5, 5.41) is 4.01. The summed E-state index contributed by atoms with van der Waals surface area (Å²) in [5.41, 5.74) is 10.2. The number of ether oxygens (including phenoxy) is 2. The first-order valence-corrected chi connectivity index (χ1v) is 12.3. The molecule has 0 aromatic heterocycles. The lowest BCUT2D eigenvalue weighted by molar-refractivity contribution is 0.0324. The van der Waals surface area contributed by atoms with Crippen LogP contribution in [0.4, 0.5) is 0 Å². The summed E-state index contributed by atoms with van der Waals surface area (Å²) < 4.78 is 24.2. The molecule has 0 radical (unpaired) electrons. The Kier molecular flexibility index (Phi) is 8.74. The zero-order valence-electron chi connectivity index (χ0n) is 19.2. The van der Waals surface area contributed by atoms with Crippen LogP contribution in [0.15, 0.2) is 29.4 Å². The van der Waals surface area contributed by atoms with Crippen molar-refractivity contribution in [1.82, 2.24) is 0 Å². The van der Waals surface area contributed by atoms with E-state index < -0.39 is 13.1 Å². The number of hydrogen-bond acceptors (Lipinski definition) is 5. The van der Waals surface area contributed by atoms with Gasteiger partial charge in [-0.05, 0) is 60.7 Å². The minimum atomic E-state index is -0.527. The highest BCUT2D eigenvalue weighted by Crippen LogP contribution is 2.41. The van der Waals surface area contributed by atoms with Crippen LogP contribution in [-0.2, 0) is 20.7 Å². The second kappa shape index (κ2) is 11.9. The maximum Gasteiger partial charge on any atom is 0.469 e. The van der Waals surface area contributed by atoms with E-state index >= 15 is 0 Å². The van der Waals surface area contributed by atoms with E-state index in [0.29, 0.717) is 18.4 Å². The van der Waals surface area contributed by atoms with Crippen LogP contribution in [0, 0.1) is 11.8 Å². The molecule has 0 unspecified atom stereocenters. The van der Waals surface area contributed by atoms with E-state index in [4.69, 9.17) is 18.8 Å². The Morgan fingerprint density at radius 1 is 0.969 bits per heavy atom. The van der Waals surface area contributed by atoms with Crippen LogP contribution in [0.25, 0.3) is 10.4 Å². The smallest absolute Gasteiger partial charge is 0.469 e. The minimum absolute atomic E-state index is 0.112. The van der Waals surface area contributed by atoms with E-state index in [1.54, 1.807) is 7.11 Å². The van der Waals surface area contributed by atoms with Crippen LogP contribution in [-0.4, -0.2) is 39.0 Å². The molecule has 3 atom stereocenters. The van der Waals surface area contributed by atoms with Gasteiger partial charge in [0.1, 0.15) is 5.75 Å². The van der Waals surface area contributed by atoms with E-state index in [1.807, 2.05) is 24.3 Å². The molecule has 4 rings (SSSR count). The molecule has 174 valence electrons. The molecule has 3 aliphatic rings. The molecule has 2 aliphatic carbocycles. The highest BCUT2D eigenvalue weighted by Gasteiger charge is 2.49. The van der Waals surface area contributed by atoms with Gasteiger partial charge in [-0.2, -0.15) is 0 Å². The Bertz CT molecular complexity index is 720. The van der Waals surface area contributed by atoms with Crippen LogP contribution >= 0.6 is 0 Å². The van der Waals surface area contributed by atoms with E-state index in [1.165, 1.54) is 64.2 Å². The Morgan fingerprint density at radius 3 is 2.03 bits per heavy atom. The molecule has 32 heavy (non-hydrogen) atoms. The third-order valence-electron chi connectivity index (χ3n) is 7.37. The van der Waals surface area contributed by atoms with Crippen molar-refractivity contribution in [3.05, 3.63) is 40.3 Å². The predicted octanol–water partition coefficient (Wildman–Crippen LogP) is 5.86. The van der Waals surface area contributed by atoms with Gasteiger partial charge in [0.15, 0.2) is 0 Å². The van der Waals surface area contributed by atoms with Gasteiger partial charge in [-0.25, -0.2) is 0 Å². The fourth-order valence-corrected chi connectivity index (χ4v) is 5.61. The van der Waals surface area contributed by atoms with E-state index in [0.717, 1.165) is 11.3 Å². The second-order valence-electron chi connectivity index (χ2n) is 9.50. The van der Waals surface area contributed by atoms with Gasteiger partial charge in [0.2, 0.25) is 0 Å². The Morgan fingerprint density at radius 2 is 1.53 bits per heavy atom. The summed E-state index contributed by atoms with van der Waals surface area (Å²) in [6.45, 7) is 0.710. The zero-order valence-corrected chi connectivity index (χ0v) is 19.2. The molecule has 1 aliphatic heterocycles. The summed E-state index contributed by atoms with van der Waals surface area (Å²) in [7, 11) is 1.12. The molecule has 3 fully saturated rings. The first-order chi connectivity index (χ1) is 15.8. The first-order valence-electron chi connectivity index (χ1n) is 12.3. The van der Waals surface area contributed by atoms with Gasteiger partial charge < -0.3 is 18.8 Å². The number of benzene rings is 1. The zero-order chi connectivity index (χ0) is 22.2. The van der Waals surface area contributed by atoms with Crippen molar-refractivity contribution in [3.8, 4) is 5.75 Å². The lowest BCUT2D eigenvalue weighted by atomic mass is 9.77. The Hall–Kier alpha value is -1.73. The van der Waals surface area contributed by atoms with Crippen LogP contribution in [0.2, 0.25) is 0 Å². The molecule has 0 bridgehead atoms. The van der Waals surface area contributed by atoms with Crippen molar-refractivity contribution in [2.45, 2.75) is 89.0 Å². The quantitative estimate of drug-likeness (QED) is 0.208. The Balaban J connectivity index is 1.39. The van der Waals surface area contributed by atoms with Gasteiger partial charge >= 0.3 is 7.12 Å². The highest BCUT2D eigenvalue weighted by molar-refractivity contribution is 6.47. The van der Waals surface area contributed by atoms with Gasteiger partial charge in [-0.15, -0.1) is 0 Å². The molecular weight excluding hydrogens is 405 g/mol. The molecular formula is C24H36BN3O4. The molecule has 7 nitrogen and oxygen atoms in total. The third-order valence-corrected chi connectivity index (χ3v) is 7.37. The van der Waals surface area contributed by atoms with E-state index in [9.17, 15) is 5.53 Å². The molecule has 8 heteroatoms. The normalized spacial score (nSPS) is 26.0. The highest BCUT2D eigenvalue weighted by atomic mass is 16.7. The lowest BCUT2D eigenvalue weighted by Crippen LogP contribution is -2.38. The molecule has 1 heterocycles. The molecule has 1 aromatic rings. The number of rotatable bonds is 9. The van der Waals surface area contributed by atoms with Crippen molar-refractivity contribution in [2.24, 2.45) is 17.0 Å². The van der Waals surface area contributed by atoms with Crippen LogP contribution < -0.4 is 4.74 Å². The van der Waals surface area contributed by atoms with E-state index in [-0.39, 0.29) is 18.8 Å². The van der Waals surface area contributed by atoms with Crippen molar-refractivity contribution in [3.63, 3.8) is 0 Å². The van der Waals surface area contributed by atoms with Crippen LogP contribution in [0.1, 0.15) is 69.8 Å². The summed E-state index contributed by atoms with van der Waals surface area (Å²) in [6.07, 6.45) is 12.8. The summed E-state index contributed by atoms with van der Waals surface area (Å²) in [6, 6.07) is 7.77. The average Bonchev–Trinajstić information content (AvgIpc) is 3.30.